The van der Waals surface area contributed by atoms with Crippen LogP contribution in [-0.2, 0) is 21.3 Å². The van der Waals surface area contributed by atoms with Gasteiger partial charge in [0, 0.05) is 62.2 Å². The van der Waals surface area contributed by atoms with Crippen molar-refractivity contribution >= 4 is 47.5 Å². The summed E-state index contributed by atoms with van der Waals surface area (Å²) >= 11 is 11.1. The fourth-order valence-electron chi connectivity index (χ4n) is 5.01. The highest BCUT2D eigenvalue weighted by Crippen LogP contribution is 2.42. The fraction of sp³-hybridized carbons (Fsp3) is 0.529. The Labute approximate surface area is 272 Å². The number of alkyl halides is 2. The second-order valence-corrected chi connectivity index (χ2v) is 13.6. The lowest BCUT2D eigenvalue weighted by atomic mass is 9.77. The number of amides is 2. The van der Waals surface area contributed by atoms with Gasteiger partial charge in [0.25, 0.3) is 0 Å². The number of carbonyl (C=O) groups excluding carboxylic acids is 2. The molecule has 0 saturated carbocycles. The Kier molecular flexibility index (Phi) is 12.7. The van der Waals surface area contributed by atoms with Crippen molar-refractivity contribution in [2.24, 2.45) is 0 Å². The van der Waals surface area contributed by atoms with E-state index in [1.165, 1.54) is 21.7 Å². The molecule has 2 aromatic rings. The van der Waals surface area contributed by atoms with E-state index in [1.54, 1.807) is 0 Å². The SMILES string of the molecule is C1=Cc2cccnc2C1.CC(C)(C)OC(=O)N(CCCl)CCCl.CC(C)(C)OC(=O)N1CCC2(C=Cc3cccnc32)CC1. The largest absolute Gasteiger partial charge is 0.444 e. The number of halogens is 2. The summed E-state index contributed by atoms with van der Waals surface area (Å²) < 4.78 is 10.6. The van der Waals surface area contributed by atoms with Crippen LogP contribution in [0.3, 0.4) is 0 Å². The van der Waals surface area contributed by atoms with E-state index in [0.717, 1.165) is 38.0 Å². The normalized spacial score (nSPS) is 15.8. The van der Waals surface area contributed by atoms with Crippen LogP contribution < -0.4 is 0 Å². The Bertz CT molecular complexity index is 1300. The van der Waals surface area contributed by atoms with Crippen LogP contribution in [0.15, 0.2) is 48.8 Å². The lowest BCUT2D eigenvalue weighted by molar-refractivity contribution is 0.0181. The molecule has 1 spiro atoms. The molecule has 2 aliphatic carbocycles. The minimum Gasteiger partial charge on any atom is -0.444 e. The van der Waals surface area contributed by atoms with Gasteiger partial charge in [-0.15, -0.1) is 23.2 Å². The summed E-state index contributed by atoms with van der Waals surface area (Å²) in [5, 5.41) is 0. The predicted molar refractivity (Wildman–Crippen MR) is 178 cm³/mol. The Balaban J connectivity index is 0.000000198. The van der Waals surface area contributed by atoms with E-state index >= 15 is 0 Å². The average Bonchev–Trinajstić information content (AvgIpc) is 3.58. The second-order valence-electron chi connectivity index (χ2n) is 12.9. The zero-order chi connectivity index (χ0) is 32.4. The monoisotopic (exact) mass is 644 g/mol. The molecule has 1 aliphatic heterocycles. The topological polar surface area (TPSA) is 84.9 Å². The van der Waals surface area contributed by atoms with Crippen molar-refractivity contribution in [3.05, 3.63) is 71.3 Å². The zero-order valence-electron chi connectivity index (χ0n) is 26.8. The molecule has 10 heteroatoms. The fourth-order valence-corrected chi connectivity index (χ4v) is 5.42. The van der Waals surface area contributed by atoms with Crippen LogP contribution in [0.5, 0.6) is 0 Å². The smallest absolute Gasteiger partial charge is 0.410 e. The van der Waals surface area contributed by atoms with Crippen LogP contribution in [0.25, 0.3) is 12.2 Å². The number of pyridine rings is 2. The molecule has 1 fully saturated rings. The summed E-state index contributed by atoms with van der Waals surface area (Å²) in [6.07, 6.45) is 14.6. The number of likely N-dealkylation sites (tertiary alicyclic amines) is 1. The van der Waals surface area contributed by atoms with Gasteiger partial charge in [0.2, 0.25) is 0 Å². The van der Waals surface area contributed by atoms with Gasteiger partial charge in [-0.1, -0.05) is 36.4 Å². The highest BCUT2D eigenvalue weighted by atomic mass is 35.5. The molecule has 0 atom stereocenters. The maximum atomic E-state index is 12.1. The summed E-state index contributed by atoms with van der Waals surface area (Å²) in [4.78, 5) is 35.7. The predicted octanol–water partition coefficient (Wildman–Crippen LogP) is 7.73. The van der Waals surface area contributed by atoms with Crippen LogP contribution >= 0.6 is 23.2 Å². The van der Waals surface area contributed by atoms with Gasteiger partial charge >= 0.3 is 12.2 Å². The standard InChI is InChI=1S/C17H22N2O2.C9H17Cl2NO2.C8H7N/c1-16(2,3)21-15(20)19-11-8-17(9-12-19)7-6-13-5-4-10-18-14(13)17;1-9(2,3)14-8(13)12(6-4-10)7-5-11;1-3-7-4-2-6-9-8(7)5-1/h4-7,10H,8-9,11-12H2,1-3H3;4-7H2,1-3H3;1-4,6H,5H2. The number of ether oxygens (including phenoxy) is 2. The number of piperidine rings is 1. The summed E-state index contributed by atoms with van der Waals surface area (Å²) in [5.41, 5.74) is 3.95. The highest BCUT2D eigenvalue weighted by molar-refractivity contribution is 6.18. The lowest BCUT2D eigenvalue weighted by Gasteiger charge is -2.38. The van der Waals surface area contributed by atoms with Gasteiger partial charge in [0.1, 0.15) is 11.2 Å². The Hall–Kier alpha value is -3.10. The maximum absolute atomic E-state index is 12.1. The minimum atomic E-state index is -0.478. The number of allylic oxidation sites excluding steroid dienone is 2. The quantitative estimate of drug-likeness (QED) is 0.317. The molecular weight excluding hydrogens is 599 g/mol. The van der Waals surface area contributed by atoms with Gasteiger partial charge in [-0.2, -0.15) is 0 Å². The maximum Gasteiger partial charge on any atom is 0.410 e. The van der Waals surface area contributed by atoms with Crippen molar-refractivity contribution in [3.8, 4) is 0 Å². The van der Waals surface area contributed by atoms with E-state index in [1.807, 2.05) is 71.0 Å². The van der Waals surface area contributed by atoms with Crippen LogP contribution in [0.4, 0.5) is 9.59 Å². The van der Waals surface area contributed by atoms with E-state index in [9.17, 15) is 9.59 Å². The Morgan fingerprint density at radius 1 is 0.886 bits per heavy atom. The molecule has 3 heterocycles. The van der Waals surface area contributed by atoms with E-state index in [2.05, 4.69) is 46.4 Å². The second kappa shape index (κ2) is 15.8. The summed E-state index contributed by atoms with van der Waals surface area (Å²) in [7, 11) is 0. The molecule has 2 amide bonds. The molecule has 0 bridgehead atoms. The molecule has 8 nitrogen and oxygen atoms in total. The molecule has 1 saturated heterocycles. The van der Waals surface area contributed by atoms with Crippen LogP contribution in [0.1, 0.15) is 76.9 Å². The first-order valence-electron chi connectivity index (χ1n) is 15.1. The first kappa shape index (κ1) is 35.4. The average molecular weight is 646 g/mol. The van der Waals surface area contributed by atoms with Crippen LogP contribution in [0.2, 0.25) is 0 Å². The third-order valence-corrected chi connectivity index (χ3v) is 7.43. The summed E-state index contributed by atoms with van der Waals surface area (Å²) in [6.45, 7) is 13.5. The van der Waals surface area contributed by atoms with Crippen molar-refractivity contribution in [2.45, 2.75) is 77.4 Å². The van der Waals surface area contributed by atoms with E-state index in [0.29, 0.717) is 24.8 Å². The van der Waals surface area contributed by atoms with Crippen molar-refractivity contribution in [1.82, 2.24) is 19.8 Å². The molecule has 0 radical (unpaired) electrons. The van der Waals surface area contributed by atoms with Gasteiger partial charge in [-0.05, 0) is 77.6 Å². The van der Waals surface area contributed by atoms with Crippen LogP contribution in [-0.4, -0.2) is 81.1 Å². The van der Waals surface area contributed by atoms with Gasteiger partial charge in [-0.25, -0.2) is 9.59 Å². The molecule has 2 aromatic heterocycles. The molecule has 240 valence electrons. The van der Waals surface area contributed by atoms with Crippen molar-refractivity contribution in [2.75, 3.05) is 37.9 Å². The Morgan fingerprint density at radius 3 is 2.05 bits per heavy atom. The van der Waals surface area contributed by atoms with Gasteiger partial charge in [0.05, 0.1) is 11.4 Å². The highest BCUT2D eigenvalue weighted by Gasteiger charge is 2.40. The number of hydrogen-bond donors (Lipinski definition) is 0. The van der Waals surface area contributed by atoms with Gasteiger partial charge in [-0.3, -0.25) is 9.97 Å². The van der Waals surface area contributed by atoms with Crippen LogP contribution in [0, 0.1) is 0 Å². The minimum absolute atomic E-state index is 0.00903. The lowest BCUT2D eigenvalue weighted by Crippen LogP contribution is -2.46. The molecule has 0 aromatic carbocycles. The first-order chi connectivity index (χ1) is 20.8. The molecule has 0 N–H and O–H groups in total. The molecular formula is C34H46Cl2N4O4. The summed E-state index contributed by atoms with van der Waals surface area (Å²) in [6, 6.07) is 8.13. The molecule has 44 heavy (non-hydrogen) atoms. The first-order valence-corrected chi connectivity index (χ1v) is 16.2. The number of aromatic nitrogens is 2. The number of rotatable bonds is 4. The third-order valence-electron chi connectivity index (χ3n) is 7.09. The molecule has 0 unspecified atom stereocenters. The van der Waals surface area contributed by atoms with Crippen molar-refractivity contribution in [1.29, 1.82) is 0 Å². The van der Waals surface area contributed by atoms with Gasteiger partial charge < -0.3 is 19.3 Å². The van der Waals surface area contributed by atoms with Crippen molar-refractivity contribution < 1.29 is 19.1 Å². The number of nitrogens with zero attached hydrogens (tertiary/aromatic N) is 4. The molecule has 5 rings (SSSR count). The van der Waals surface area contributed by atoms with Gasteiger partial charge in [0.15, 0.2) is 0 Å². The summed E-state index contributed by atoms with van der Waals surface area (Å²) in [5.74, 6) is 0.770. The van der Waals surface area contributed by atoms with E-state index in [-0.39, 0.29) is 17.6 Å². The number of carbonyl (C=O) groups is 2. The number of fused-ring (bicyclic) bond motifs is 3. The Morgan fingerprint density at radius 2 is 1.48 bits per heavy atom. The van der Waals surface area contributed by atoms with E-state index < -0.39 is 11.2 Å². The van der Waals surface area contributed by atoms with E-state index in [4.69, 9.17) is 32.7 Å². The van der Waals surface area contributed by atoms with Crippen molar-refractivity contribution in [3.63, 3.8) is 0 Å². The number of hydrogen-bond acceptors (Lipinski definition) is 6. The molecule has 3 aliphatic rings. The zero-order valence-corrected chi connectivity index (χ0v) is 28.3. The third kappa shape index (κ3) is 10.5.